The largest absolute Gasteiger partial charge is 1.00 e. The van der Waals surface area contributed by atoms with Crippen LogP contribution in [-0.4, -0.2) is 61.6 Å². The fourth-order valence-corrected chi connectivity index (χ4v) is 1.80. The lowest BCUT2D eigenvalue weighted by Crippen LogP contribution is -3.00. The molecule has 16 heavy (non-hydrogen) atoms. The molecular weight excluding hydrogens is 248 g/mol. The van der Waals surface area contributed by atoms with Gasteiger partial charge in [-0.1, -0.05) is 6.92 Å². The smallest absolute Gasteiger partial charge is 0.452 e. The van der Waals surface area contributed by atoms with Crippen LogP contribution < -0.4 is 12.4 Å². The van der Waals surface area contributed by atoms with E-state index in [2.05, 4.69) is 0 Å². The van der Waals surface area contributed by atoms with Crippen LogP contribution in [0, 0.1) is 0 Å². The molecule has 0 saturated carbocycles. The van der Waals surface area contributed by atoms with E-state index in [-0.39, 0.29) is 25.5 Å². The maximum atomic E-state index is 13.3. The number of quaternary nitrogens is 1. The molecule has 0 aromatic rings. The summed E-state index contributed by atoms with van der Waals surface area (Å²) >= 11 is 0. The third-order valence-corrected chi connectivity index (χ3v) is 3.25. The van der Waals surface area contributed by atoms with Crippen LogP contribution in [0.2, 0.25) is 0 Å². The number of nitrogens with zero attached hydrogens (tertiary/aromatic N) is 2. The Bertz CT molecular complexity index is 218. The second-order valence-corrected chi connectivity index (χ2v) is 4.17. The molecule has 7 heteroatoms. The van der Waals surface area contributed by atoms with E-state index in [0.29, 0.717) is 13.1 Å². The average molecular weight is 265 g/mol. The molecule has 0 radical (unpaired) electrons. The Labute approximate surface area is 99.2 Å². The van der Waals surface area contributed by atoms with Gasteiger partial charge in [0.2, 0.25) is 0 Å². The van der Waals surface area contributed by atoms with Crippen LogP contribution >= 0.6 is 0 Å². The summed E-state index contributed by atoms with van der Waals surface area (Å²) in [6.45, 7) is 3.77. The predicted molar refractivity (Wildman–Crippen MR) is 49.0 cm³/mol. The van der Waals surface area contributed by atoms with Gasteiger partial charge in [0, 0.05) is 13.1 Å². The zero-order valence-corrected chi connectivity index (χ0v) is 10.2. The lowest BCUT2D eigenvalue weighted by atomic mass is 10.2. The Hall–Kier alpha value is -0.0700. The van der Waals surface area contributed by atoms with Crippen LogP contribution in [0.1, 0.15) is 6.92 Å². The third kappa shape index (κ3) is 2.78. The summed E-state index contributed by atoms with van der Waals surface area (Å²) in [5.74, 6) is 0. The minimum atomic E-state index is -3.93. The normalized spacial score (nSPS) is 21.9. The van der Waals surface area contributed by atoms with Crippen molar-refractivity contribution >= 4 is 0 Å². The van der Waals surface area contributed by atoms with Crippen molar-refractivity contribution in [3.05, 3.63) is 0 Å². The first-order valence-corrected chi connectivity index (χ1v) is 5.06. The van der Waals surface area contributed by atoms with Gasteiger partial charge in [0.05, 0.1) is 20.1 Å². The van der Waals surface area contributed by atoms with Gasteiger partial charge in [-0.05, 0) is 6.54 Å². The molecule has 0 amide bonds. The first-order valence-electron chi connectivity index (χ1n) is 5.06. The van der Waals surface area contributed by atoms with E-state index in [4.69, 9.17) is 0 Å². The predicted octanol–water partition coefficient (Wildman–Crippen LogP) is -1.37. The Morgan fingerprint density at radius 3 is 2.00 bits per heavy atom. The molecule has 0 aliphatic carbocycles. The Kier molecular flexibility index (Phi) is 5.49. The third-order valence-electron chi connectivity index (χ3n) is 3.25. The molecule has 0 bridgehead atoms. The van der Waals surface area contributed by atoms with E-state index in [1.165, 1.54) is 7.05 Å². The van der Waals surface area contributed by atoms with Crippen molar-refractivity contribution in [2.45, 2.75) is 19.4 Å². The number of hydrogen-bond donors (Lipinski definition) is 0. The zero-order valence-electron chi connectivity index (χ0n) is 9.40. The minimum absolute atomic E-state index is 0. The van der Waals surface area contributed by atoms with Gasteiger partial charge in [0.25, 0.3) is 0 Å². The first-order chi connectivity index (χ1) is 6.83. The van der Waals surface area contributed by atoms with Gasteiger partial charge in [-0.15, -0.1) is 8.78 Å². The van der Waals surface area contributed by atoms with Gasteiger partial charge in [0.1, 0.15) is 0 Å². The Balaban J connectivity index is 0.00000225. The standard InChI is InChI=1S/C9H17F4N2.ClH/c1-3-14-4-6-15(2,7-5-14)9(12,13)8(10)11;/h8H,3-7H2,1-2H3;1H/q+1;/p-1. The fraction of sp³-hybridized carbons (Fsp3) is 1.00. The summed E-state index contributed by atoms with van der Waals surface area (Å²) < 4.78 is 50.1. The number of hydrogen-bond acceptors (Lipinski definition) is 1. The highest BCUT2D eigenvalue weighted by molar-refractivity contribution is 4.67. The molecule has 0 aromatic carbocycles. The lowest BCUT2D eigenvalue weighted by Gasteiger charge is -2.45. The molecule has 1 rings (SSSR count). The Morgan fingerprint density at radius 1 is 1.25 bits per heavy atom. The SMILES string of the molecule is CCN1CC[N+](C)(C(F)(F)C(F)F)CC1.[Cl-]. The second kappa shape index (κ2) is 5.51. The number of piperazine rings is 1. The minimum Gasteiger partial charge on any atom is -1.00 e. The van der Waals surface area contributed by atoms with Crippen molar-refractivity contribution in [3.63, 3.8) is 0 Å². The van der Waals surface area contributed by atoms with Crippen molar-refractivity contribution in [1.82, 2.24) is 4.90 Å². The van der Waals surface area contributed by atoms with Gasteiger partial charge in [0.15, 0.2) is 0 Å². The summed E-state index contributed by atoms with van der Waals surface area (Å²) in [6, 6.07) is -3.93. The number of halogens is 5. The maximum absolute atomic E-state index is 13.3. The summed E-state index contributed by atoms with van der Waals surface area (Å²) in [5.41, 5.74) is 0. The van der Waals surface area contributed by atoms with Gasteiger partial charge in [-0.2, -0.15) is 8.78 Å². The van der Waals surface area contributed by atoms with Crippen LogP contribution in [0.5, 0.6) is 0 Å². The maximum Gasteiger partial charge on any atom is 0.452 e. The number of alkyl halides is 4. The number of rotatable bonds is 3. The van der Waals surface area contributed by atoms with Crippen molar-refractivity contribution in [2.75, 3.05) is 39.8 Å². The molecule has 0 unspecified atom stereocenters. The van der Waals surface area contributed by atoms with Crippen LogP contribution in [0.25, 0.3) is 0 Å². The van der Waals surface area contributed by atoms with Gasteiger partial charge in [-0.3, -0.25) is 9.38 Å². The van der Waals surface area contributed by atoms with E-state index in [0.717, 1.165) is 6.54 Å². The van der Waals surface area contributed by atoms with Crippen molar-refractivity contribution in [3.8, 4) is 0 Å². The van der Waals surface area contributed by atoms with Crippen LogP contribution in [0.15, 0.2) is 0 Å². The molecule has 1 heterocycles. The topological polar surface area (TPSA) is 3.24 Å². The molecular formula is C9H17ClF4N2. The summed E-state index contributed by atoms with van der Waals surface area (Å²) in [7, 11) is 1.21. The number of likely N-dealkylation sites (N-methyl/N-ethyl adjacent to an activating group) is 2. The molecule has 0 spiro atoms. The van der Waals surface area contributed by atoms with E-state index in [9.17, 15) is 17.6 Å². The van der Waals surface area contributed by atoms with Crippen molar-refractivity contribution in [2.24, 2.45) is 0 Å². The van der Waals surface area contributed by atoms with E-state index in [1.807, 2.05) is 11.8 Å². The molecule has 1 aliphatic heterocycles. The molecule has 0 atom stereocenters. The molecule has 1 saturated heterocycles. The highest BCUT2D eigenvalue weighted by atomic mass is 35.5. The van der Waals surface area contributed by atoms with Crippen molar-refractivity contribution < 1.29 is 34.5 Å². The summed E-state index contributed by atoms with van der Waals surface area (Å²) in [4.78, 5) is 1.99. The Morgan fingerprint density at radius 2 is 1.69 bits per heavy atom. The molecule has 0 aromatic heterocycles. The van der Waals surface area contributed by atoms with Gasteiger partial charge in [-0.25, -0.2) is 0 Å². The molecule has 1 aliphatic rings. The van der Waals surface area contributed by atoms with Gasteiger partial charge < -0.3 is 12.4 Å². The van der Waals surface area contributed by atoms with E-state index < -0.39 is 17.0 Å². The summed E-state index contributed by atoms with van der Waals surface area (Å²) in [5, 5.41) is 0. The fourth-order valence-electron chi connectivity index (χ4n) is 1.80. The molecule has 2 nitrogen and oxygen atoms in total. The lowest BCUT2D eigenvalue weighted by molar-refractivity contribution is -1.00. The summed E-state index contributed by atoms with van der Waals surface area (Å²) in [6.07, 6.45) is -3.59. The van der Waals surface area contributed by atoms with Crippen LogP contribution in [-0.2, 0) is 0 Å². The highest BCUT2D eigenvalue weighted by Gasteiger charge is 2.58. The quantitative estimate of drug-likeness (QED) is 0.345. The molecule has 0 N–H and O–H groups in total. The monoisotopic (exact) mass is 264 g/mol. The zero-order chi connectivity index (χ0) is 11.7. The van der Waals surface area contributed by atoms with Crippen LogP contribution in [0.3, 0.4) is 0 Å². The first kappa shape index (κ1) is 15.9. The van der Waals surface area contributed by atoms with Crippen molar-refractivity contribution in [1.29, 1.82) is 0 Å². The second-order valence-electron chi connectivity index (χ2n) is 4.17. The molecule has 98 valence electrons. The highest BCUT2D eigenvalue weighted by Crippen LogP contribution is 2.34. The average Bonchev–Trinajstić information content (AvgIpc) is 2.18. The molecule has 1 fully saturated rings. The van der Waals surface area contributed by atoms with Gasteiger partial charge >= 0.3 is 12.5 Å². The van der Waals surface area contributed by atoms with Crippen LogP contribution in [0.4, 0.5) is 17.6 Å². The van der Waals surface area contributed by atoms with E-state index >= 15 is 0 Å². The van der Waals surface area contributed by atoms with E-state index in [1.54, 1.807) is 0 Å².